The lowest BCUT2D eigenvalue weighted by Crippen LogP contribution is -2.49. The van der Waals surface area contributed by atoms with Crippen LogP contribution in [0.4, 0.5) is 5.69 Å². The minimum atomic E-state index is -0.332. The van der Waals surface area contributed by atoms with E-state index in [9.17, 15) is 9.59 Å². The van der Waals surface area contributed by atoms with Crippen molar-refractivity contribution in [2.45, 2.75) is 33.4 Å². The molecule has 1 atom stereocenters. The fourth-order valence-electron chi connectivity index (χ4n) is 3.36. The van der Waals surface area contributed by atoms with Gasteiger partial charge in [0.15, 0.2) is 0 Å². The molecule has 2 N–H and O–H groups in total. The molecule has 2 aromatic rings. The van der Waals surface area contributed by atoms with Crippen molar-refractivity contribution in [1.29, 1.82) is 0 Å². The summed E-state index contributed by atoms with van der Waals surface area (Å²) in [5.74, 6) is -0.308. The van der Waals surface area contributed by atoms with Crippen molar-refractivity contribution >= 4 is 17.5 Å². The molecular formula is C21H29N5O3. The quantitative estimate of drug-likeness (QED) is 0.769. The molecule has 8 nitrogen and oxygen atoms in total. The second-order valence-electron chi connectivity index (χ2n) is 7.50. The van der Waals surface area contributed by atoms with Crippen molar-refractivity contribution in [3.8, 4) is 0 Å². The maximum atomic E-state index is 12.6. The Morgan fingerprint density at radius 2 is 2.03 bits per heavy atom. The first-order chi connectivity index (χ1) is 13.8. The smallest absolute Gasteiger partial charge is 0.251 e. The van der Waals surface area contributed by atoms with E-state index in [2.05, 4.69) is 15.7 Å². The number of nitrogens with one attached hydrogen (secondary N) is 2. The van der Waals surface area contributed by atoms with E-state index in [1.807, 2.05) is 49.5 Å². The molecule has 29 heavy (non-hydrogen) atoms. The number of amides is 2. The average molecular weight is 399 g/mol. The molecule has 0 radical (unpaired) electrons. The molecule has 0 bridgehead atoms. The first-order valence-corrected chi connectivity index (χ1v) is 9.84. The fourth-order valence-corrected chi connectivity index (χ4v) is 3.36. The highest BCUT2D eigenvalue weighted by Crippen LogP contribution is 2.18. The summed E-state index contributed by atoms with van der Waals surface area (Å²) in [5.41, 5.74) is 4.07. The molecule has 0 spiro atoms. The number of benzene rings is 1. The number of nitrogens with zero attached hydrogens (tertiary/aromatic N) is 3. The largest absolute Gasteiger partial charge is 0.378 e. The monoisotopic (exact) mass is 399 g/mol. The zero-order valence-electron chi connectivity index (χ0n) is 17.5. The standard InChI is InChI=1S/C21H29N5O3/c1-14-5-6-17(20(27)22-7-8-26-16(3)11-15(2)24-26)12-18(14)23-21(28)19-13-29-10-9-25(19)4/h5-6,11-12,19H,7-10,13H2,1-4H3,(H,22,27)(H,23,28)/t19-/m0/s1. The van der Waals surface area contributed by atoms with E-state index in [1.165, 1.54) is 0 Å². The van der Waals surface area contributed by atoms with E-state index in [4.69, 9.17) is 4.74 Å². The van der Waals surface area contributed by atoms with Gasteiger partial charge in [0.1, 0.15) is 6.04 Å². The van der Waals surface area contributed by atoms with Crippen LogP contribution >= 0.6 is 0 Å². The topological polar surface area (TPSA) is 88.5 Å². The van der Waals surface area contributed by atoms with E-state index in [0.717, 1.165) is 23.5 Å². The van der Waals surface area contributed by atoms with Crippen molar-refractivity contribution in [2.24, 2.45) is 0 Å². The lowest BCUT2D eigenvalue weighted by molar-refractivity contribution is -0.126. The Kier molecular flexibility index (Phi) is 6.66. The first kappa shape index (κ1) is 21.0. The van der Waals surface area contributed by atoms with Gasteiger partial charge in [-0.2, -0.15) is 5.10 Å². The van der Waals surface area contributed by atoms with Crippen LogP contribution in [0.1, 0.15) is 27.3 Å². The summed E-state index contributed by atoms with van der Waals surface area (Å²) in [6.45, 7) is 8.64. The van der Waals surface area contributed by atoms with Crippen LogP contribution in [0, 0.1) is 20.8 Å². The van der Waals surface area contributed by atoms with Gasteiger partial charge in [0.05, 0.1) is 25.5 Å². The minimum Gasteiger partial charge on any atom is -0.378 e. The number of aryl methyl sites for hydroxylation is 3. The fraction of sp³-hybridized carbons (Fsp3) is 0.476. The van der Waals surface area contributed by atoms with Crippen LogP contribution in [0.15, 0.2) is 24.3 Å². The highest BCUT2D eigenvalue weighted by atomic mass is 16.5. The van der Waals surface area contributed by atoms with E-state index >= 15 is 0 Å². The Morgan fingerprint density at radius 3 is 2.72 bits per heavy atom. The Labute approximate surface area is 171 Å². The average Bonchev–Trinajstić information content (AvgIpc) is 3.00. The van der Waals surface area contributed by atoms with E-state index in [1.54, 1.807) is 12.1 Å². The van der Waals surface area contributed by atoms with Crippen molar-refractivity contribution in [3.05, 3.63) is 46.8 Å². The summed E-state index contributed by atoms with van der Waals surface area (Å²) < 4.78 is 7.29. The van der Waals surface area contributed by atoms with Crippen molar-refractivity contribution in [1.82, 2.24) is 20.0 Å². The number of ether oxygens (including phenoxy) is 1. The molecular weight excluding hydrogens is 370 g/mol. The van der Waals surface area contributed by atoms with Crippen molar-refractivity contribution < 1.29 is 14.3 Å². The number of hydrogen-bond acceptors (Lipinski definition) is 5. The molecule has 1 fully saturated rings. The molecule has 1 aromatic carbocycles. The predicted octanol–water partition coefficient (Wildman–Crippen LogP) is 1.51. The van der Waals surface area contributed by atoms with Crippen LogP contribution in [-0.4, -0.2) is 65.9 Å². The zero-order valence-corrected chi connectivity index (χ0v) is 17.5. The number of likely N-dealkylation sites (N-methyl/N-ethyl adjacent to an activating group) is 1. The molecule has 2 heterocycles. The maximum Gasteiger partial charge on any atom is 0.251 e. The third-order valence-electron chi connectivity index (χ3n) is 5.17. The van der Waals surface area contributed by atoms with Gasteiger partial charge < -0.3 is 15.4 Å². The molecule has 3 rings (SSSR count). The SMILES string of the molecule is Cc1cc(C)n(CCNC(=O)c2ccc(C)c(NC(=O)[C@@H]3COCCN3C)c2)n1. The molecule has 1 aliphatic heterocycles. The van der Waals surface area contributed by atoms with E-state index < -0.39 is 0 Å². The Bertz CT molecular complexity index is 892. The van der Waals surface area contributed by atoms with Crippen molar-refractivity contribution in [3.63, 3.8) is 0 Å². The Balaban J connectivity index is 1.60. The second-order valence-corrected chi connectivity index (χ2v) is 7.50. The molecule has 8 heteroatoms. The summed E-state index contributed by atoms with van der Waals surface area (Å²) >= 11 is 0. The van der Waals surface area contributed by atoms with Gasteiger partial charge in [-0.15, -0.1) is 0 Å². The summed E-state index contributed by atoms with van der Waals surface area (Å²) in [6, 6.07) is 6.99. The van der Waals surface area contributed by atoms with Crippen LogP contribution in [0.25, 0.3) is 0 Å². The lowest BCUT2D eigenvalue weighted by atomic mass is 10.1. The molecule has 0 aliphatic carbocycles. The van der Waals surface area contributed by atoms with Gasteiger partial charge in [0.25, 0.3) is 5.91 Å². The van der Waals surface area contributed by atoms with Crippen molar-refractivity contribution in [2.75, 3.05) is 38.7 Å². The molecule has 1 aliphatic rings. The normalized spacial score (nSPS) is 17.2. The summed E-state index contributed by atoms with van der Waals surface area (Å²) in [7, 11) is 1.91. The number of carbonyl (C=O) groups is 2. The van der Waals surface area contributed by atoms with E-state index in [0.29, 0.717) is 37.6 Å². The molecule has 156 valence electrons. The van der Waals surface area contributed by atoms with Gasteiger partial charge in [0.2, 0.25) is 5.91 Å². The Hall–Kier alpha value is -2.71. The van der Waals surface area contributed by atoms with Crippen LogP contribution in [0.5, 0.6) is 0 Å². The number of anilines is 1. The van der Waals surface area contributed by atoms with Gasteiger partial charge in [-0.1, -0.05) is 6.07 Å². The third-order valence-corrected chi connectivity index (χ3v) is 5.17. The van der Waals surface area contributed by atoms with Gasteiger partial charge >= 0.3 is 0 Å². The summed E-state index contributed by atoms with van der Waals surface area (Å²) in [6.07, 6.45) is 0. The number of aromatic nitrogens is 2. The predicted molar refractivity (Wildman–Crippen MR) is 111 cm³/mol. The molecule has 1 aromatic heterocycles. The number of hydrogen-bond donors (Lipinski definition) is 2. The van der Waals surface area contributed by atoms with Gasteiger partial charge in [-0.25, -0.2) is 0 Å². The Morgan fingerprint density at radius 1 is 1.24 bits per heavy atom. The number of carbonyl (C=O) groups excluding carboxylic acids is 2. The minimum absolute atomic E-state index is 0.127. The highest BCUT2D eigenvalue weighted by molar-refractivity contribution is 5.99. The molecule has 0 unspecified atom stereocenters. The van der Waals surface area contributed by atoms with Crippen LogP contribution in [0.3, 0.4) is 0 Å². The lowest BCUT2D eigenvalue weighted by Gasteiger charge is -2.31. The molecule has 2 amide bonds. The molecule has 1 saturated heterocycles. The maximum absolute atomic E-state index is 12.6. The van der Waals surface area contributed by atoms with Gasteiger partial charge in [0, 0.05) is 30.0 Å². The third kappa shape index (κ3) is 5.21. The molecule has 0 saturated carbocycles. The van der Waals surface area contributed by atoms with Crippen LogP contribution in [-0.2, 0) is 16.1 Å². The number of morpholine rings is 1. The van der Waals surface area contributed by atoms with Crippen LogP contribution < -0.4 is 10.6 Å². The van der Waals surface area contributed by atoms with Gasteiger partial charge in [-0.05, 0) is 51.6 Å². The summed E-state index contributed by atoms with van der Waals surface area (Å²) in [4.78, 5) is 27.2. The van der Waals surface area contributed by atoms with Crippen LogP contribution in [0.2, 0.25) is 0 Å². The zero-order chi connectivity index (χ0) is 21.0. The number of rotatable bonds is 6. The van der Waals surface area contributed by atoms with Gasteiger partial charge in [-0.3, -0.25) is 19.2 Å². The highest BCUT2D eigenvalue weighted by Gasteiger charge is 2.27. The first-order valence-electron chi connectivity index (χ1n) is 9.84. The summed E-state index contributed by atoms with van der Waals surface area (Å²) in [5, 5.41) is 10.2. The second kappa shape index (κ2) is 9.19. The van der Waals surface area contributed by atoms with E-state index in [-0.39, 0.29) is 17.9 Å².